The number of fused-ring (bicyclic) bond motifs is 1. The van der Waals surface area contributed by atoms with Crippen molar-refractivity contribution in [2.75, 3.05) is 11.9 Å². The molecular formula is C14H17NO. The fraction of sp³-hybridized carbons (Fsp3) is 0.357. The quantitative estimate of drug-likeness (QED) is 0.530. The molecule has 1 aromatic carbocycles. The number of aldehydes is 1. The molecular weight excluding hydrogens is 198 g/mol. The molecule has 2 rings (SSSR count). The summed E-state index contributed by atoms with van der Waals surface area (Å²) in [5, 5.41) is 0. The maximum Gasteiger partial charge on any atom is 0.144 e. The van der Waals surface area contributed by atoms with E-state index in [-0.39, 0.29) is 5.41 Å². The lowest BCUT2D eigenvalue weighted by atomic mass is 9.83. The molecule has 16 heavy (non-hydrogen) atoms. The molecule has 0 unspecified atom stereocenters. The second-order valence-corrected chi connectivity index (χ2v) is 4.89. The predicted molar refractivity (Wildman–Crippen MR) is 66.8 cm³/mol. The molecule has 1 aliphatic heterocycles. The summed E-state index contributed by atoms with van der Waals surface area (Å²) in [6.45, 7) is 6.41. The molecule has 0 amide bonds. The average Bonchev–Trinajstić information content (AvgIpc) is 2.40. The molecule has 0 N–H and O–H groups in total. The van der Waals surface area contributed by atoms with Crippen molar-refractivity contribution in [2.45, 2.75) is 26.2 Å². The van der Waals surface area contributed by atoms with Crippen LogP contribution in [0.1, 0.15) is 25.0 Å². The molecule has 2 nitrogen and oxygen atoms in total. The molecule has 0 atom stereocenters. The molecule has 2 heteroatoms. The van der Waals surface area contributed by atoms with Crippen LogP contribution in [0.5, 0.6) is 0 Å². The van der Waals surface area contributed by atoms with Gasteiger partial charge in [-0.25, -0.2) is 0 Å². The number of anilines is 1. The third-order valence-electron chi connectivity index (χ3n) is 3.41. The van der Waals surface area contributed by atoms with Crippen LogP contribution in [0, 0.1) is 6.92 Å². The van der Waals surface area contributed by atoms with Gasteiger partial charge in [-0.1, -0.05) is 31.5 Å². The van der Waals surface area contributed by atoms with Crippen LogP contribution < -0.4 is 4.90 Å². The zero-order valence-electron chi connectivity index (χ0n) is 10.2. The predicted octanol–water partition coefficient (Wildman–Crippen LogP) is 2.81. The van der Waals surface area contributed by atoms with Crippen LogP contribution in [-0.4, -0.2) is 13.3 Å². The summed E-state index contributed by atoms with van der Waals surface area (Å²) in [6.07, 6.45) is 2.53. The summed E-state index contributed by atoms with van der Waals surface area (Å²) >= 11 is 0. The van der Waals surface area contributed by atoms with Crippen LogP contribution in [0.15, 0.2) is 30.0 Å². The number of aryl methyl sites for hydroxylation is 1. The lowest BCUT2D eigenvalue weighted by molar-refractivity contribution is -0.104. The van der Waals surface area contributed by atoms with Gasteiger partial charge in [0.15, 0.2) is 0 Å². The molecule has 0 aliphatic carbocycles. The van der Waals surface area contributed by atoms with E-state index in [0.29, 0.717) is 0 Å². The summed E-state index contributed by atoms with van der Waals surface area (Å²) in [4.78, 5) is 12.8. The number of hydrogen-bond donors (Lipinski definition) is 0. The maximum atomic E-state index is 10.7. The highest BCUT2D eigenvalue weighted by atomic mass is 16.1. The molecule has 0 saturated heterocycles. The van der Waals surface area contributed by atoms with Crippen molar-refractivity contribution in [3.05, 3.63) is 41.1 Å². The minimum absolute atomic E-state index is 0.0863. The topological polar surface area (TPSA) is 20.3 Å². The first-order chi connectivity index (χ1) is 7.48. The van der Waals surface area contributed by atoms with Crippen LogP contribution in [0.25, 0.3) is 0 Å². The van der Waals surface area contributed by atoms with Crippen molar-refractivity contribution in [3.63, 3.8) is 0 Å². The van der Waals surface area contributed by atoms with E-state index in [1.165, 1.54) is 16.8 Å². The molecule has 0 bridgehead atoms. The maximum absolute atomic E-state index is 10.7. The molecule has 0 spiro atoms. The normalized spacial score (nSPS) is 20.0. The summed E-state index contributed by atoms with van der Waals surface area (Å²) < 4.78 is 0. The third kappa shape index (κ3) is 1.37. The van der Waals surface area contributed by atoms with E-state index in [0.717, 1.165) is 12.0 Å². The van der Waals surface area contributed by atoms with E-state index in [1.807, 2.05) is 7.05 Å². The zero-order valence-corrected chi connectivity index (χ0v) is 10.2. The molecule has 0 saturated carbocycles. The zero-order chi connectivity index (χ0) is 11.9. The second-order valence-electron chi connectivity index (χ2n) is 4.89. The molecule has 0 fully saturated rings. The lowest BCUT2D eigenvalue weighted by Gasteiger charge is -2.23. The monoisotopic (exact) mass is 215 g/mol. The lowest BCUT2D eigenvalue weighted by Crippen LogP contribution is -2.23. The van der Waals surface area contributed by atoms with E-state index < -0.39 is 0 Å². The summed E-state index contributed by atoms with van der Waals surface area (Å²) in [5.74, 6) is 0. The fourth-order valence-corrected chi connectivity index (χ4v) is 2.51. The van der Waals surface area contributed by atoms with Gasteiger partial charge in [-0.2, -0.15) is 0 Å². The first kappa shape index (κ1) is 10.9. The van der Waals surface area contributed by atoms with E-state index >= 15 is 0 Å². The Hall–Kier alpha value is -1.57. The Bertz CT molecular complexity index is 472. The van der Waals surface area contributed by atoms with E-state index in [4.69, 9.17) is 0 Å². The van der Waals surface area contributed by atoms with Crippen molar-refractivity contribution in [2.24, 2.45) is 0 Å². The highest BCUT2D eigenvalue weighted by Crippen LogP contribution is 2.46. The first-order valence-electron chi connectivity index (χ1n) is 5.49. The van der Waals surface area contributed by atoms with Crippen LogP contribution in [0.4, 0.5) is 5.69 Å². The van der Waals surface area contributed by atoms with Gasteiger partial charge in [0.1, 0.15) is 6.29 Å². The second kappa shape index (κ2) is 3.48. The molecule has 84 valence electrons. The summed E-state index contributed by atoms with van der Waals surface area (Å²) in [5.41, 5.74) is 4.72. The Morgan fingerprint density at radius 1 is 1.31 bits per heavy atom. The molecule has 0 radical (unpaired) electrons. The Morgan fingerprint density at radius 3 is 2.62 bits per heavy atom. The first-order valence-corrected chi connectivity index (χ1v) is 5.49. The molecule has 1 aromatic rings. The van der Waals surface area contributed by atoms with Crippen molar-refractivity contribution in [1.29, 1.82) is 0 Å². The van der Waals surface area contributed by atoms with E-state index in [1.54, 1.807) is 6.08 Å². The number of carbonyl (C=O) groups is 1. The summed E-state index contributed by atoms with van der Waals surface area (Å²) in [7, 11) is 2.01. The number of carbonyl (C=O) groups excluding carboxylic acids is 1. The Kier molecular flexibility index (Phi) is 2.38. The van der Waals surface area contributed by atoms with Gasteiger partial charge in [0, 0.05) is 23.8 Å². The van der Waals surface area contributed by atoms with Gasteiger partial charge < -0.3 is 4.90 Å². The number of nitrogens with zero attached hydrogens (tertiary/aromatic N) is 1. The molecule has 1 aliphatic rings. The van der Waals surface area contributed by atoms with Crippen LogP contribution >= 0.6 is 0 Å². The number of allylic oxidation sites excluding steroid dienone is 2. The Labute approximate surface area is 96.6 Å². The SMILES string of the molecule is Cc1ccc2c(c1)C(C)(C)C(=CC=O)N2C. The van der Waals surface area contributed by atoms with Crippen LogP contribution in [0.2, 0.25) is 0 Å². The minimum Gasteiger partial charge on any atom is -0.347 e. The van der Waals surface area contributed by atoms with Crippen LogP contribution in [-0.2, 0) is 10.2 Å². The Morgan fingerprint density at radius 2 is 2.00 bits per heavy atom. The number of benzene rings is 1. The fourth-order valence-electron chi connectivity index (χ4n) is 2.51. The molecule has 0 aromatic heterocycles. The third-order valence-corrected chi connectivity index (χ3v) is 3.41. The molecule has 1 heterocycles. The number of likely N-dealkylation sites (N-methyl/N-ethyl adjacent to an activating group) is 1. The van der Waals surface area contributed by atoms with Gasteiger partial charge in [-0.15, -0.1) is 0 Å². The van der Waals surface area contributed by atoms with Gasteiger partial charge in [0.25, 0.3) is 0 Å². The summed E-state index contributed by atoms with van der Waals surface area (Å²) in [6, 6.07) is 6.44. The van der Waals surface area contributed by atoms with E-state index in [2.05, 4.69) is 43.9 Å². The highest BCUT2D eigenvalue weighted by molar-refractivity contribution is 5.76. The van der Waals surface area contributed by atoms with Gasteiger partial charge >= 0.3 is 0 Å². The standard InChI is InChI=1S/C14H17NO/c1-10-5-6-12-11(9-10)14(2,3)13(7-8-16)15(12)4/h5-9H,1-4H3. The van der Waals surface area contributed by atoms with Crippen molar-refractivity contribution < 1.29 is 4.79 Å². The van der Waals surface area contributed by atoms with Gasteiger partial charge in [-0.05, 0) is 24.6 Å². The number of hydrogen-bond acceptors (Lipinski definition) is 2. The average molecular weight is 215 g/mol. The van der Waals surface area contributed by atoms with Crippen molar-refractivity contribution >= 4 is 12.0 Å². The highest BCUT2D eigenvalue weighted by Gasteiger charge is 2.38. The van der Waals surface area contributed by atoms with Gasteiger partial charge in [0.05, 0.1) is 0 Å². The van der Waals surface area contributed by atoms with Crippen LogP contribution in [0.3, 0.4) is 0 Å². The minimum atomic E-state index is -0.0863. The number of rotatable bonds is 1. The van der Waals surface area contributed by atoms with E-state index in [9.17, 15) is 4.79 Å². The smallest absolute Gasteiger partial charge is 0.144 e. The largest absolute Gasteiger partial charge is 0.347 e. The van der Waals surface area contributed by atoms with Crippen molar-refractivity contribution in [3.8, 4) is 0 Å². The Balaban J connectivity index is 2.66. The van der Waals surface area contributed by atoms with Crippen molar-refractivity contribution in [1.82, 2.24) is 0 Å². The van der Waals surface area contributed by atoms with Gasteiger partial charge in [0.2, 0.25) is 0 Å². The van der Waals surface area contributed by atoms with Gasteiger partial charge in [-0.3, -0.25) is 4.79 Å².